The van der Waals surface area contributed by atoms with Crippen LogP contribution in [0.25, 0.3) is 0 Å². The van der Waals surface area contributed by atoms with E-state index < -0.39 is 34.6 Å². The molecule has 1 aromatic heterocycles. The minimum absolute atomic E-state index is 0.115. The van der Waals surface area contributed by atoms with Crippen LogP contribution in [0.15, 0.2) is 4.79 Å². The molecule has 0 saturated carbocycles. The van der Waals surface area contributed by atoms with Crippen molar-refractivity contribution in [2.45, 2.75) is 6.18 Å². The van der Waals surface area contributed by atoms with Crippen LogP contribution in [0.2, 0.25) is 0 Å². The molecule has 0 amide bonds. The Kier molecular flexibility index (Phi) is 3.13. The summed E-state index contributed by atoms with van der Waals surface area (Å²) in [7, 11) is 1.62. The number of hydrogen-bond acceptors (Lipinski definition) is 3. The van der Waals surface area contributed by atoms with Crippen LogP contribution in [0.5, 0.6) is 5.75 Å². The second kappa shape index (κ2) is 4.08. The van der Waals surface area contributed by atoms with Crippen molar-refractivity contribution in [2.24, 2.45) is 7.05 Å². The Labute approximate surface area is 92.7 Å². The van der Waals surface area contributed by atoms with Crippen LogP contribution < -0.4 is 10.3 Å². The van der Waals surface area contributed by atoms with Gasteiger partial charge in [0.05, 0.1) is 7.11 Å². The van der Waals surface area contributed by atoms with Crippen LogP contribution in [-0.2, 0) is 13.2 Å². The smallest absolute Gasteiger partial charge is 0.424 e. The molecule has 17 heavy (non-hydrogen) atoms. The average molecular weight is 250 g/mol. The third-order valence-electron chi connectivity index (χ3n) is 2.07. The number of ether oxygens (including phenoxy) is 1. The van der Waals surface area contributed by atoms with E-state index >= 15 is 0 Å². The lowest BCUT2D eigenvalue weighted by Gasteiger charge is -2.15. The molecule has 0 fully saturated rings. The first kappa shape index (κ1) is 13.0. The summed E-state index contributed by atoms with van der Waals surface area (Å²) in [6, 6.07) is 1.27. The Morgan fingerprint density at radius 3 is 2.29 bits per heavy atom. The largest absolute Gasteiger partial charge is 0.494 e. The van der Waals surface area contributed by atoms with Gasteiger partial charge < -0.3 is 4.74 Å². The summed E-state index contributed by atoms with van der Waals surface area (Å²) in [5.41, 5.74) is -3.84. The molecule has 0 aliphatic heterocycles. The molecule has 0 bridgehead atoms. The van der Waals surface area contributed by atoms with E-state index in [0.29, 0.717) is 0 Å². The maximum atomic E-state index is 13.4. The second-order valence-corrected chi connectivity index (χ2v) is 3.05. The van der Waals surface area contributed by atoms with Gasteiger partial charge in [0.25, 0.3) is 5.56 Å². The maximum Gasteiger partial charge on any atom is 0.424 e. The molecule has 4 nitrogen and oxygen atoms in total. The summed E-state index contributed by atoms with van der Waals surface area (Å²) < 4.78 is 55.5. The summed E-state index contributed by atoms with van der Waals surface area (Å²) >= 11 is 0. The topological polar surface area (TPSA) is 55.0 Å². The molecule has 92 valence electrons. The predicted molar refractivity (Wildman–Crippen MR) is 47.9 cm³/mol. The number of nitrogens with zero attached hydrogens (tertiary/aromatic N) is 2. The molecule has 1 heterocycles. The van der Waals surface area contributed by atoms with E-state index in [1.54, 1.807) is 0 Å². The van der Waals surface area contributed by atoms with E-state index in [2.05, 4.69) is 4.74 Å². The number of hydrogen-bond donors (Lipinski definition) is 0. The standard InChI is InChI=1S/C9H6F4N2O2/c1-15-7(10)5(9(11,12)13)6(17-2)4(3-14)8(15)16/h1-2H3. The third kappa shape index (κ3) is 1.95. The molecule has 1 aromatic rings. The summed E-state index contributed by atoms with van der Waals surface area (Å²) in [4.78, 5) is 11.3. The highest BCUT2D eigenvalue weighted by atomic mass is 19.4. The first-order valence-electron chi connectivity index (χ1n) is 4.19. The highest BCUT2D eigenvalue weighted by Crippen LogP contribution is 2.38. The summed E-state index contributed by atoms with van der Waals surface area (Å²) in [6.45, 7) is 0. The van der Waals surface area contributed by atoms with Crippen molar-refractivity contribution in [2.75, 3.05) is 7.11 Å². The molecule has 0 aliphatic rings. The van der Waals surface area contributed by atoms with Gasteiger partial charge in [0.15, 0.2) is 16.9 Å². The average Bonchev–Trinajstić information content (AvgIpc) is 2.23. The Morgan fingerprint density at radius 2 is 1.94 bits per heavy atom. The monoisotopic (exact) mass is 250 g/mol. The molecule has 0 atom stereocenters. The van der Waals surface area contributed by atoms with E-state index in [0.717, 1.165) is 14.2 Å². The van der Waals surface area contributed by atoms with E-state index in [1.807, 2.05) is 0 Å². The van der Waals surface area contributed by atoms with Gasteiger partial charge in [-0.15, -0.1) is 0 Å². The van der Waals surface area contributed by atoms with Gasteiger partial charge >= 0.3 is 6.18 Å². The highest BCUT2D eigenvalue weighted by molar-refractivity contribution is 5.48. The molecule has 0 aliphatic carbocycles. The van der Waals surface area contributed by atoms with E-state index in [9.17, 15) is 22.4 Å². The number of methoxy groups -OCH3 is 1. The van der Waals surface area contributed by atoms with Gasteiger partial charge in [0, 0.05) is 7.05 Å². The van der Waals surface area contributed by atoms with Gasteiger partial charge in [0.2, 0.25) is 5.95 Å². The first-order valence-corrected chi connectivity index (χ1v) is 4.19. The lowest BCUT2D eigenvalue weighted by molar-refractivity contribution is -0.142. The van der Waals surface area contributed by atoms with Gasteiger partial charge in [0.1, 0.15) is 6.07 Å². The summed E-state index contributed by atoms with van der Waals surface area (Å²) in [5, 5.41) is 8.60. The number of nitriles is 1. The molecule has 8 heteroatoms. The highest BCUT2D eigenvalue weighted by Gasteiger charge is 2.41. The zero-order chi connectivity index (χ0) is 13.4. The lowest BCUT2D eigenvalue weighted by atomic mass is 10.1. The van der Waals surface area contributed by atoms with E-state index in [-0.39, 0.29) is 4.57 Å². The molecule has 0 unspecified atom stereocenters. The molecule has 0 spiro atoms. The number of aromatic nitrogens is 1. The zero-order valence-corrected chi connectivity index (χ0v) is 8.72. The number of pyridine rings is 1. The van der Waals surface area contributed by atoms with Crippen LogP contribution in [0.4, 0.5) is 17.6 Å². The van der Waals surface area contributed by atoms with Crippen molar-refractivity contribution in [3.05, 3.63) is 27.4 Å². The fourth-order valence-electron chi connectivity index (χ4n) is 1.29. The first-order chi connectivity index (χ1) is 7.75. The maximum absolute atomic E-state index is 13.4. The SMILES string of the molecule is COc1c(C(F)(F)F)c(F)n(C)c(=O)c1C#N. The Balaban J connectivity index is 3.90. The lowest BCUT2D eigenvalue weighted by Crippen LogP contribution is -2.28. The quantitative estimate of drug-likeness (QED) is 0.559. The summed E-state index contributed by atoms with van der Waals surface area (Å²) in [6.07, 6.45) is -5.06. The van der Waals surface area contributed by atoms with Gasteiger partial charge in [-0.3, -0.25) is 9.36 Å². The number of halogens is 4. The Bertz CT molecular complexity index is 554. The molecular weight excluding hydrogens is 244 g/mol. The molecule has 0 saturated heterocycles. The van der Waals surface area contributed by atoms with Gasteiger partial charge in [-0.05, 0) is 0 Å². The minimum Gasteiger partial charge on any atom is -0.494 e. The molecule has 0 N–H and O–H groups in total. The van der Waals surface area contributed by atoms with Crippen LogP contribution in [0.1, 0.15) is 11.1 Å². The zero-order valence-electron chi connectivity index (χ0n) is 8.72. The minimum atomic E-state index is -5.06. The molecular formula is C9H6F4N2O2. The fraction of sp³-hybridized carbons (Fsp3) is 0.333. The van der Waals surface area contributed by atoms with Crippen LogP contribution in [0, 0.1) is 17.3 Å². The van der Waals surface area contributed by atoms with Gasteiger partial charge in [-0.2, -0.15) is 22.8 Å². The van der Waals surface area contributed by atoms with Crippen LogP contribution in [-0.4, -0.2) is 11.7 Å². The number of rotatable bonds is 1. The van der Waals surface area contributed by atoms with Crippen molar-refractivity contribution < 1.29 is 22.3 Å². The van der Waals surface area contributed by atoms with Gasteiger partial charge in [-0.25, -0.2) is 0 Å². The fourth-order valence-corrected chi connectivity index (χ4v) is 1.29. The summed E-state index contributed by atoms with van der Waals surface area (Å²) in [5.74, 6) is -2.89. The third-order valence-corrected chi connectivity index (χ3v) is 2.07. The molecule has 1 rings (SSSR count). The van der Waals surface area contributed by atoms with Crippen molar-refractivity contribution in [3.8, 4) is 11.8 Å². The van der Waals surface area contributed by atoms with Crippen molar-refractivity contribution >= 4 is 0 Å². The molecule has 0 aromatic carbocycles. The van der Waals surface area contributed by atoms with E-state index in [1.165, 1.54) is 6.07 Å². The van der Waals surface area contributed by atoms with Crippen molar-refractivity contribution in [1.29, 1.82) is 5.26 Å². The predicted octanol–water partition coefficient (Wildman–Crippen LogP) is 1.42. The Hall–Kier alpha value is -2.04. The van der Waals surface area contributed by atoms with Crippen molar-refractivity contribution in [3.63, 3.8) is 0 Å². The number of alkyl halides is 3. The van der Waals surface area contributed by atoms with Crippen LogP contribution >= 0.6 is 0 Å². The Morgan fingerprint density at radius 1 is 1.41 bits per heavy atom. The molecule has 0 radical (unpaired) electrons. The van der Waals surface area contributed by atoms with Crippen LogP contribution in [0.3, 0.4) is 0 Å². The van der Waals surface area contributed by atoms with Crippen molar-refractivity contribution in [1.82, 2.24) is 4.57 Å². The van der Waals surface area contributed by atoms with E-state index in [4.69, 9.17) is 5.26 Å². The normalized spacial score (nSPS) is 11.1. The second-order valence-electron chi connectivity index (χ2n) is 3.05. The van der Waals surface area contributed by atoms with Gasteiger partial charge in [-0.1, -0.05) is 0 Å².